The Bertz CT molecular complexity index is 820. The summed E-state index contributed by atoms with van der Waals surface area (Å²) in [6.07, 6.45) is 2.84. The van der Waals surface area contributed by atoms with E-state index in [0.29, 0.717) is 22.1 Å². The number of rotatable bonds is 4. The summed E-state index contributed by atoms with van der Waals surface area (Å²) in [6, 6.07) is 8.28. The number of halogens is 1. The quantitative estimate of drug-likeness (QED) is 0.786. The molecule has 8 nitrogen and oxygen atoms in total. The molecule has 9 heteroatoms. The first-order chi connectivity index (χ1) is 11.2. The fourth-order valence-electron chi connectivity index (χ4n) is 1.91. The fourth-order valence-corrected chi connectivity index (χ4v) is 2.02. The van der Waals surface area contributed by atoms with Crippen LogP contribution in [-0.2, 0) is 0 Å². The molecule has 0 spiro atoms. The van der Waals surface area contributed by atoms with Crippen LogP contribution in [0.1, 0.15) is 10.5 Å². The van der Waals surface area contributed by atoms with Crippen LogP contribution in [0.4, 0.5) is 5.69 Å². The molecule has 1 N–H and O–H groups in total. The van der Waals surface area contributed by atoms with Crippen LogP contribution in [0.15, 0.2) is 42.9 Å². The van der Waals surface area contributed by atoms with E-state index in [2.05, 4.69) is 25.8 Å². The molecule has 0 bridgehead atoms. The smallest absolute Gasteiger partial charge is 0.274 e. The molecule has 0 radical (unpaired) electrons. The largest absolute Gasteiger partial charge is 0.497 e. The van der Waals surface area contributed by atoms with Gasteiger partial charge in [-0.1, -0.05) is 11.6 Å². The monoisotopic (exact) mass is 330 g/mol. The number of pyridine rings is 1. The lowest BCUT2D eigenvalue weighted by Gasteiger charge is -2.11. The van der Waals surface area contributed by atoms with E-state index in [1.807, 2.05) is 0 Å². The third-order valence-electron chi connectivity index (χ3n) is 3.01. The number of aromatic nitrogens is 5. The third kappa shape index (κ3) is 3.27. The number of carbonyl (C=O) groups excluding carboxylic acids is 1. The molecular weight excluding hydrogens is 320 g/mol. The maximum absolute atomic E-state index is 12.3. The number of carbonyl (C=O) groups is 1. The minimum atomic E-state index is -0.385. The van der Waals surface area contributed by atoms with Crippen LogP contribution in [0.2, 0.25) is 5.02 Å². The summed E-state index contributed by atoms with van der Waals surface area (Å²) in [5, 5.41) is 14.2. The Morgan fingerprint density at radius 3 is 2.83 bits per heavy atom. The highest BCUT2D eigenvalue weighted by Gasteiger charge is 2.13. The molecule has 23 heavy (non-hydrogen) atoms. The van der Waals surface area contributed by atoms with Crippen molar-refractivity contribution in [3.63, 3.8) is 0 Å². The van der Waals surface area contributed by atoms with Crippen LogP contribution in [0.5, 0.6) is 5.75 Å². The van der Waals surface area contributed by atoms with E-state index in [1.54, 1.807) is 31.4 Å². The van der Waals surface area contributed by atoms with Gasteiger partial charge in [-0.15, -0.1) is 5.10 Å². The highest BCUT2D eigenvalue weighted by atomic mass is 35.5. The zero-order valence-corrected chi connectivity index (χ0v) is 12.7. The molecular formula is C14H11ClN6O2. The number of nitrogens with zero attached hydrogens (tertiary/aromatic N) is 5. The Morgan fingerprint density at radius 2 is 2.17 bits per heavy atom. The number of benzene rings is 1. The lowest BCUT2D eigenvalue weighted by molar-refractivity contribution is 0.102. The molecule has 3 rings (SSSR count). The van der Waals surface area contributed by atoms with Crippen molar-refractivity contribution in [3.05, 3.63) is 53.6 Å². The van der Waals surface area contributed by atoms with Crippen LogP contribution in [0.25, 0.3) is 5.69 Å². The Balaban J connectivity index is 1.94. The number of anilines is 1. The van der Waals surface area contributed by atoms with Crippen molar-refractivity contribution < 1.29 is 9.53 Å². The zero-order valence-electron chi connectivity index (χ0n) is 12.0. The first-order valence-corrected chi connectivity index (χ1v) is 6.89. The normalized spacial score (nSPS) is 10.3. The average molecular weight is 331 g/mol. The Kier molecular flexibility index (Phi) is 4.15. The predicted octanol–water partition coefficient (Wildman–Crippen LogP) is 1.97. The second-order valence-corrected chi connectivity index (χ2v) is 4.89. The predicted molar refractivity (Wildman–Crippen MR) is 82.9 cm³/mol. The summed E-state index contributed by atoms with van der Waals surface area (Å²) < 4.78 is 6.62. The van der Waals surface area contributed by atoms with Crippen molar-refractivity contribution in [2.24, 2.45) is 0 Å². The van der Waals surface area contributed by atoms with Gasteiger partial charge in [0.05, 0.1) is 23.5 Å². The number of ether oxygens (including phenoxy) is 1. The summed E-state index contributed by atoms with van der Waals surface area (Å²) in [5.41, 5.74) is 1.32. The van der Waals surface area contributed by atoms with Gasteiger partial charge in [-0.25, -0.2) is 4.98 Å². The number of amides is 1. The van der Waals surface area contributed by atoms with Gasteiger partial charge < -0.3 is 10.1 Å². The maximum atomic E-state index is 12.3. The van der Waals surface area contributed by atoms with Gasteiger partial charge >= 0.3 is 0 Å². The molecule has 0 aliphatic rings. The molecule has 0 fully saturated rings. The third-order valence-corrected chi connectivity index (χ3v) is 3.23. The van der Waals surface area contributed by atoms with Crippen LogP contribution >= 0.6 is 11.6 Å². The van der Waals surface area contributed by atoms with Gasteiger partial charge in [-0.05, 0) is 34.7 Å². The molecule has 1 amide bonds. The summed E-state index contributed by atoms with van der Waals surface area (Å²) in [7, 11) is 1.54. The minimum absolute atomic E-state index is 0.236. The van der Waals surface area contributed by atoms with E-state index in [-0.39, 0.29) is 11.6 Å². The SMILES string of the molecule is COc1ccc(-n2cnnn2)c(NC(=O)c2ccc(Cl)cn2)c1. The van der Waals surface area contributed by atoms with Gasteiger partial charge in [-0.2, -0.15) is 4.68 Å². The Hall–Kier alpha value is -3.00. The van der Waals surface area contributed by atoms with E-state index in [4.69, 9.17) is 16.3 Å². The van der Waals surface area contributed by atoms with Gasteiger partial charge in [0, 0.05) is 12.3 Å². The number of hydrogen-bond donors (Lipinski definition) is 1. The van der Waals surface area contributed by atoms with Crippen LogP contribution in [0.3, 0.4) is 0 Å². The molecule has 1 aromatic carbocycles. The fraction of sp³-hybridized carbons (Fsp3) is 0.0714. The minimum Gasteiger partial charge on any atom is -0.497 e. The van der Waals surface area contributed by atoms with Crippen LogP contribution in [-0.4, -0.2) is 38.2 Å². The van der Waals surface area contributed by atoms with Gasteiger partial charge in [0.2, 0.25) is 0 Å². The first-order valence-electron chi connectivity index (χ1n) is 6.51. The molecule has 3 aromatic rings. The lowest BCUT2D eigenvalue weighted by atomic mass is 10.2. The molecule has 0 atom stereocenters. The number of methoxy groups -OCH3 is 1. The summed E-state index contributed by atoms with van der Waals surface area (Å²) in [6.45, 7) is 0. The lowest BCUT2D eigenvalue weighted by Crippen LogP contribution is -2.15. The molecule has 0 saturated heterocycles. The van der Waals surface area contributed by atoms with Gasteiger partial charge in [-0.3, -0.25) is 4.79 Å². The number of nitrogens with one attached hydrogen (secondary N) is 1. The standard InChI is InChI=1S/C14H11ClN6O2/c1-23-10-3-5-13(21-8-17-19-20-21)12(6-10)18-14(22)11-4-2-9(15)7-16-11/h2-8H,1H3,(H,18,22). The molecule has 0 aliphatic carbocycles. The summed E-state index contributed by atoms with van der Waals surface area (Å²) >= 11 is 5.77. The highest BCUT2D eigenvalue weighted by molar-refractivity contribution is 6.30. The van der Waals surface area contributed by atoms with Gasteiger partial charge in [0.15, 0.2) is 0 Å². The van der Waals surface area contributed by atoms with Crippen molar-refractivity contribution in [1.82, 2.24) is 25.2 Å². The van der Waals surface area contributed by atoms with Gasteiger partial charge in [0.1, 0.15) is 17.8 Å². The molecule has 0 unspecified atom stereocenters. The second kappa shape index (κ2) is 6.41. The molecule has 2 heterocycles. The van der Waals surface area contributed by atoms with Crippen molar-refractivity contribution >= 4 is 23.2 Å². The first kappa shape index (κ1) is 14.9. The van der Waals surface area contributed by atoms with Crippen LogP contribution < -0.4 is 10.1 Å². The molecule has 2 aromatic heterocycles. The molecule has 0 saturated carbocycles. The van der Waals surface area contributed by atoms with Crippen molar-refractivity contribution in [3.8, 4) is 11.4 Å². The second-order valence-electron chi connectivity index (χ2n) is 4.45. The van der Waals surface area contributed by atoms with E-state index in [1.165, 1.54) is 23.3 Å². The maximum Gasteiger partial charge on any atom is 0.274 e. The van der Waals surface area contributed by atoms with Crippen molar-refractivity contribution in [2.75, 3.05) is 12.4 Å². The van der Waals surface area contributed by atoms with Crippen molar-refractivity contribution in [1.29, 1.82) is 0 Å². The summed E-state index contributed by atoms with van der Waals surface area (Å²) in [5.74, 6) is 0.199. The molecule has 116 valence electrons. The van der Waals surface area contributed by atoms with Gasteiger partial charge in [0.25, 0.3) is 5.91 Å². The number of tetrazole rings is 1. The van der Waals surface area contributed by atoms with E-state index in [9.17, 15) is 4.79 Å². The van der Waals surface area contributed by atoms with E-state index >= 15 is 0 Å². The Labute approximate surface area is 136 Å². The summed E-state index contributed by atoms with van der Waals surface area (Å²) in [4.78, 5) is 16.3. The highest BCUT2D eigenvalue weighted by Crippen LogP contribution is 2.25. The topological polar surface area (TPSA) is 94.8 Å². The van der Waals surface area contributed by atoms with E-state index < -0.39 is 0 Å². The average Bonchev–Trinajstić information content (AvgIpc) is 3.09. The molecule has 0 aliphatic heterocycles. The zero-order chi connectivity index (χ0) is 16.2. The van der Waals surface area contributed by atoms with Crippen LogP contribution in [0, 0.1) is 0 Å². The van der Waals surface area contributed by atoms with Crippen molar-refractivity contribution in [2.45, 2.75) is 0 Å². The van der Waals surface area contributed by atoms with E-state index in [0.717, 1.165) is 0 Å². The Morgan fingerprint density at radius 1 is 1.30 bits per heavy atom. The number of hydrogen-bond acceptors (Lipinski definition) is 6.